The van der Waals surface area contributed by atoms with E-state index in [0.29, 0.717) is 4.64 Å². The quantitative estimate of drug-likeness (QED) is 0.558. The van der Waals surface area contributed by atoms with Gasteiger partial charge in [0.15, 0.2) is 17.2 Å². The molecule has 0 spiro atoms. The van der Waals surface area contributed by atoms with Gasteiger partial charge in [-0.15, -0.1) is 6.42 Å². The van der Waals surface area contributed by atoms with Crippen molar-refractivity contribution in [2.24, 2.45) is 0 Å². The van der Waals surface area contributed by atoms with Crippen LogP contribution in [0.3, 0.4) is 0 Å². The first-order valence-electron chi connectivity index (χ1n) is 5.36. The molecule has 1 fully saturated rings. The number of aromatic amines is 1. The first kappa shape index (κ1) is 14.3. The first-order valence-corrected chi connectivity index (χ1v) is 6.17. The van der Waals surface area contributed by atoms with E-state index >= 15 is 0 Å². The van der Waals surface area contributed by atoms with Crippen LogP contribution in [0, 0.1) is 21.8 Å². The number of ether oxygens (including phenoxy) is 1. The lowest BCUT2D eigenvalue weighted by Crippen LogP contribution is -2.43. The van der Waals surface area contributed by atoms with E-state index < -0.39 is 30.7 Å². The van der Waals surface area contributed by atoms with E-state index in [9.17, 15) is 9.50 Å². The lowest BCUT2D eigenvalue weighted by Gasteiger charge is -2.26. The number of rotatable bonds is 2. The molecule has 8 heteroatoms. The Morgan fingerprint density at radius 3 is 2.84 bits per heavy atom. The fourth-order valence-corrected chi connectivity index (χ4v) is 2.42. The Hall–Kier alpha value is -1.11. The normalized spacial score (nSPS) is 34.1. The summed E-state index contributed by atoms with van der Waals surface area (Å²) in [5.41, 5.74) is -2.21. The molecule has 2 heterocycles. The fourth-order valence-electron chi connectivity index (χ4n) is 1.93. The van der Waals surface area contributed by atoms with Crippen molar-refractivity contribution in [1.29, 1.82) is 0 Å². The maximum absolute atomic E-state index is 14.0. The largest absolute Gasteiger partial charge is 0.394 e. The molecule has 0 aliphatic carbocycles. The summed E-state index contributed by atoms with van der Waals surface area (Å²) in [6.07, 6.45) is 2.29. The minimum absolute atomic E-state index is 0.136. The van der Waals surface area contributed by atoms with E-state index in [0.717, 1.165) is 0 Å². The molecule has 1 aliphatic rings. The molecule has 1 unspecified atom stereocenters. The molecule has 2 rings (SSSR count). The highest BCUT2D eigenvalue weighted by atomic mass is 32.1. The molecule has 1 aromatic rings. The standard InChI is InChI=1S/C11H11FN2O3S2/c1-2-11(16)8(12)6(5-15)17-9(11)14-4-3-7(18)13-10(14)19/h1,3-4,6,8-9,15-16H,5H2,(H,13,18,19)/t6-,8?,9-,11-/m1/s1. The summed E-state index contributed by atoms with van der Waals surface area (Å²) in [6, 6.07) is 1.50. The third-order valence-corrected chi connectivity index (χ3v) is 3.49. The maximum Gasteiger partial charge on any atom is 0.204 e. The average Bonchev–Trinajstić information content (AvgIpc) is 2.63. The number of aliphatic hydroxyl groups excluding tert-OH is 1. The second-order valence-corrected chi connectivity index (χ2v) is 4.92. The summed E-state index contributed by atoms with van der Waals surface area (Å²) in [5.74, 6) is 1.98. The van der Waals surface area contributed by atoms with Gasteiger partial charge in [-0.1, -0.05) is 18.1 Å². The number of H-pyrrole nitrogens is 1. The topological polar surface area (TPSA) is 70.4 Å². The molecule has 0 radical (unpaired) electrons. The van der Waals surface area contributed by atoms with Crippen LogP contribution in [0.5, 0.6) is 0 Å². The molecule has 19 heavy (non-hydrogen) atoms. The van der Waals surface area contributed by atoms with Crippen LogP contribution in [0.15, 0.2) is 12.3 Å². The Morgan fingerprint density at radius 1 is 1.63 bits per heavy atom. The molecule has 0 aromatic carbocycles. The van der Waals surface area contributed by atoms with Crippen LogP contribution in [0.1, 0.15) is 6.23 Å². The molecular weight excluding hydrogens is 291 g/mol. The number of nitrogens with zero attached hydrogens (tertiary/aromatic N) is 1. The van der Waals surface area contributed by atoms with E-state index in [4.69, 9.17) is 40.7 Å². The van der Waals surface area contributed by atoms with Crippen molar-refractivity contribution in [1.82, 2.24) is 9.55 Å². The van der Waals surface area contributed by atoms with Gasteiger partial charge in [0.1, 0.15) is 10.7 Å². The predicted octanol–water partition coefficient (Wildman–Crippen LogP) is 0.867. The average molecular weight is 302 g/mol. The zero-order valence-corrected chi connectivity index (χ0v) is 11.2. The van der Waals surface area contributed by atoms with Gasteiger partial charge in [0.2, 0.25) is 5.60 Å². The molecule has 1 aliphatic heterocycles. The monoisotopic (exact) mass is 302 g/mol. The van der Waals surface area contributed by atoms with E-state index in [1.165, 1.54) is 16.8 Å². The molecule has 5 nitrogen and oxygen atoms in total. The van der Waals surface area contributed by atoms with E-state index in [2.05, 4.69) is 4.98 Å². The van der Waals surface area contributed by atoms with Crippen LogP contribution < -0.4 is 0 Å². The summed E-state index contributed by atoms with van der Waals surface area (Å²) in [4.78, 5) is 2.67. The van der Waals surface area contributed by atoms with E-state index in [1.807, 2.05) is 5.92 Å². The van der Waals surface area contributed by atoms with Crippen LogP contribution in [0.25, 0.3) is 0 Å². The van der Waals surface area contributed by atoms with Gasteiger partial charge in [-0.25, -0.2) is 4.39 Å². The van der Waals surface area contributed by atoms with Gasteiger partial charge in [0.05, 0.1) is 6.61 Å². The molecule has 102 valence electrons. The van der Waals surface area contributed by atoms with Crippen molar-refractivity contribution in [3.05, 3.63) is 21.7 Å². The number of halogens is 1. The maximum atomic E-state index is 14.0. The van der Waals surface area contributed by atoms with Crippen molar-refractivity contribution in [2.45, 2.75) is 24.1 Å². The highest BCUT2D eigenvalue weighted by molar-refractivity contribution is 7.72. The number of hydrogen-bond acceptors (Lipinski definition) is 5. The Bertz CT molecular complexity index is 638. The summed E-state index contributed by atoms with van der Waals surface area (Å²) in [5, 5.41) is 19.3. The Labute approximate surface area is 118 Å². The van der Waals surface area contributed by atoms with Crippen molar-refractivity contribution in [3.8, 4) is 12.3 Å². The molecule has 4 atom stereocenters. The van der Waals surface area contributed by atoms with Crippen LogP contribution in [-0.4, -0.2) is 44.2 Å². The third kappa shape index (κ3) is 2.24. The Kier molecular flexibility index (Phi) is 3.85. The molecule has 0 amide bonds. The summed E-state index contributed by atoms with van der Waals surface area (Å²) in [6.45, 7) is -0.599. The summed E-state index contributed by atoms with van der Waals surface area (Å²) < 4.78 is 21.1. The van der Waals surface area contributed by atoms with Gasteiger partial charge in [0, 0.05) is 6.20 Å². The Balaban J connectivity index is 2.52. The van der Waals surface area contributed by atoms with Gasteiger partial charge in [0.25, 0.3) is 0 Å². The Morgan fingerprint density at radius 2 is 2.32 bits per heavy atom. The van der Waals surface area contributed by atoms with Gasteiger partial charge >= 0.3 is 0 Å². The summed E-state index contributed by atoms with van der Waals surface area (Å²) >= 11 is 9.93. The number of terminal acetylenes is 1. The number of nitrogens with one attached hydrogen (secondary N) is 1. The van der Waals surface area contributed by atoms with Crippen molar-refractivity contribution in [3.63, 3.8) is 0 Å². The van der Waals surface area contributed by atoms with Crippen LogP contribution in [0.2, 0.25) is 0 Å². The lowest BCUT2D eigenvalue weighted by atomic mass is 9.96. The van der Waals surface area contributed by atoms with Gasteiger partial charge in [-0.2, -0.15) is 0 Å². The number of aromatic nitrogens is 2. The van der Waals surface area contributed by atoms with Crippen LogP contribution in [-0.2, 0) is 4.74 Å². The van der Waals surface area contributed by atoms with Crippen molar-refractivity contribution < 1.29 is 19.3 Å². The lowest BCUT2D eigenvalue weighted by molar-refractivity contribution is -0.0739. The zero-order valence-electron chi connectivity index (χ0n) is 9.62. The van der Waals surface area contributed by atoms with Gasteiger partial charge < -0.3 is 19.9 Å². The van der Waals surface area contributed by atoms with Crippen molar-refractivity contribution >= 4 is 24.4 Å². The van der Waals surface area contributed by atoms with E-state index in [1.54, 1.807) is 0 Å². The van der Waals surface area contributed by atoms with Crippen molar-refractivity contribution in [2.75, 3.05) is 6.61 Å². The predicted molar refractivity (Wildman–Crippen MR) is 70.1 cm³/mol. The number of hydrogen-bond donors (Lipinski definition) is 3. The molecule has 1 saturated heterocycles. The highest BCUT2D eigenvalue weighted by Gasteiger charge is 2.56. The number of aliphatic hydroxyl groups is 2. The second kappa shape index (κ2) is 5.11. The smallest absolute Gasteiger partial charge is 0.204 e. The zero-order chi connectivity index (χ0) is 14.2. The van der Waals surface area contributed by atoms with Gasteiger partial charge in [-0.3, -0.25) is 4.57 Å². The molecule has 0 bridgehead atoms. The third-order valence-electron chi connectivity index (χ3n) is 2.94. The molecular formula is C11H11FN2O3S2. The minimum atomic E-state index is -2.21. The second-order valence-electron chi connectivity index (χ2n) is 4.10. The van der Waals surface area contributed by atoms with Gasteiger partial charge in [-0.05, 0) is 18.3 Å². The number of alkyl halides is 1. The van der Waals surface area contributed by atoms with E-state index in [-0.39, 0.29) is 4.77 Å². The SMILES string of the molecule is C#C[C@@]1(O)C(F)[C@@H](CO)O[C@H]1n1ccc(=S)[nH]c1=S. The first-order chi connectivity index (χ1) is 8.93. The highest BCUT2D eigenvalue weighted by Crippen LogP contribution is 2.39. The minimum Gasteiger partial charge on any atom is -0.394 e. The van der Waals surface area contributed by atoms with Crippen LogP contribution in [0.4, 0.5) is 4.39 Å². The molecule has 0 saturated carbocycles. The summed E-state index contributed by atoms with van der Waals surface area (Å²) in [7, 11) is 0. The fraction of sp³-hybridized carbons (Fsp3) is 0.455. The van der Waals surface area contributed by atoms with Crippen LogP contribution >= 0.6 is 24.4 Å². The molecule has 1 aromatic heterocycles. The molecule has 3 N–H and O–H groups in total.